The number of piperidine rings is 1. The van der Waals surface area contributed by atoms with Crippen molar-refractivity contribution in [3.8, 4) is 0 Å². The molecule has 0 bridgehead atoms. The van der Waals surface area contributed by atoms with Crippen LogP contribution in [0, 0.1) is 5.92 Å². The minimum atomic E-state index is -4.36. The van der Waals surface area contributed by atoms with Gasteiger partial charge in [0.1, 0.15) is 5.82 Å². The quantitative estimate of drug-likeness (QED) is 0.809. The summed E-state index contributed by atoms with van der Waals surface area (Å²) in [6, 6.07) is -0.205. The molecule has 28 heavy (non-hydrogen) atoms. The van der Waals surface area contributed by atoms with Crippen LogP contribution >= 0.6 is 0 Å². The van der Waals surface area contributed by atoms with Gasteiger partial charge in [-0.05, 0) is 25.2 Å². The van der Waals surface area contributed by atoms with Crippen molar-refractivity contribution in [3.63, 3.8) is 0 Å². The van der Waals surface area contributed by atoms with E-state index in [1.165, 1.54) is 22.7 Å². The molecule has 3 heterocycles. The van der Waals surface area contributed by atoms with E-state index in [9.17, 15) is 21.6 Å². The largest absolute Gasteiger partial charge is 0.410 e. The number of aromatic nitrogens is 2. The zero-order chi connectivity index (χ0) is 20.9. The molecule has 1 saturated heterocycles. The van der Waals surface area contributed by atoms with Gasteiger partial charge in [-0.2, -0.15) is 35.3 Å². The number of alkyl halides is 3. The molecule has 1 aromatic rings. The fraction of sp³-hybridized carbons (Fsp3) is 0.824. The fourth-order valence-corrected chi connectivity index (χ4v) is 5.01. The lowest BCUT2D eigenvalue weighted by molar-refractivity contribution is -0.174. The molecule has 2 aliphatic rings. The van der Waals surface area contributed by atoms with Crippen LogP contribution in [0.3, 0.4) is 0 Å². The van der Waals surface area contributed by atoms with E-state index in [2.05, 4.69) is 10.4 Å². The first-order chi connectivity index (χ1) is 12.9. The molecule has 3 rings (SSSR count). The number of hydrogen-bond donors (Lipinski definition) is 1. The van der Waals surface area contributed by atoms with E-state index in [4.69, 9.17) is 0 Å². The van der Waals surface area contributed by atoms with Gasteiger partial charge >= 0.3 is 6.18 Å². The Morgan fingerprint density at radius 1 is 1.25 bits per heavy atom. The predicted molar refractivity (Wildman–Crippen MR) is 100 cm³/mol. The van der Waals surface area contributed by atoms with Crippen LogP contribution in [-0.4, -0.2) is 66.2 Å². The van der Waals surface area contributed by atoms with Gasteiger partial charge in [0.25, 0.3) is 10.2 Å². The van der Waals surface area contributed by atoms with Gasteiger partial charge in [0, 0.05) is 45.2 Å². The van der Waals surface area contributed by atoms with Crippen molar-refractivity contribution < 1.29 is 21.6 Å². The zero-order valence-corrected chi connectivity index (χ0v) is 17.4. The van der Waals surface area contributed by atoms with Crippen LogP contribution in [0.1, 0.15) is 50.8 Å². The predicted octanol–water partition coefficient (Wildman–Crippen LogP) is 2.81. The summed E-state index contributed by atoms with van der Waals surface area (Å²) in [5.41, 5.74) is 0.600. The third-order valence-electron chi connectivity index (χ3n) is 5.70. The Labute approximate surface area is 164 Å². The van der Waals surface area contributed by atoms with E-state index in [0.29, 0.717) is 37.4 Å². The summed E-state index contributed by atoms with van der Waals surface area (Å²) in [5.74, 6) is 0.405. The maximum atomic E-state index is 13.6. The molecule has 1 fully saturated rings. The smallest absolute Gasteiger partial charge is 0.367 e. The second-order valence-electron chi connectivity index (χ2n) is 8.15. The molecule has 0 unspecified atom stereocenters. The summed E-state index contributed by atoms with van der Waals surface area (Å²) < 4.78 is 68.9. The van der Waals surface area contributed by atoms with Crippen LogP contribution in [0.25, 0.3) is 0 Å². The van der Waals surface area contributed by atoms with Crippen molar-refractivity contribution >= 4 is 16.0 Å². The minimum absolute atomic E-state index is 0.0468. The lowest BCUT2D eigenvalue weighted by Crippen LogP contribution is -2.44. The van der Waals surface area contributed by atoms with Crippen molar-refractivity contribution in [3.05, 3.63) is 11.8 Å². The molecule has 2 aliphatic heterocycles. The number of halogens is 3. The Hall–Kier alpha value is -1.33. The van der Waals surface area contributed by atoms with E-state index < -0.39 is 22.4 Å². The lowest BCUT2D eigenvalue weighted by atomic mass is 9.94. The third-order valence-corrected chi connectivity index (χ3v) is 7.64. The van der Waals surface area contributed by atoms with Crippen molar-refractivity contribution in [2.75, 3.05) is 32.5 Å². The van der Waals surface area contributed by atoms with Crippen LogP contribution in [0.4, 0.5) is 19.0 Å². The maximum Gasteiger partial charge on any atom is 0.410 e. The van der Waals surface area contributed by atoms with Crippen molar-refractivity contribution in [2.45, 2.75) is 57.3 Å². The summed E-state index contributed by atoms with van der Waals surface area (Å²) in [7, 11) is -0.503. The molecule has 0 spiro atoms. The van der Waals surface area contributed by atoms with Gasteiger partial charge in [-0.1, -0.05) is 13.8 Å². The lowest BCUT2D eigenvalue weighted by Gasteiger charge is -2.35. The molecule has 160 valence electrons. The molecule has 1 aromatic heterocycles. The number of nitrogens with zero attached hydrogens (tertiary/aromatic N) is 4. The summed E-state index contributed by atoms with van der Waals surface area (Å²) in [5, 5.41) is 7.49. The molecule has 0 aromatic carbocycles. The highest BCUT2D eigenvalue weighted by Crippen LogP contribution is 2.42. The average molecular weight is 424 g/mol. The number of anilines is 1. The van der Waals surface area contributed by atoms with Crippen LogP contribution in [-0.2, 0) is 10.2 Å². The monoisotopic (exact) mass is 423 g/mol. The first kappa shape index (κ1) is 21.4. The van der Waals surface area contributed by atoms with E-state index in [-0.39, 0.29) is 24.3 Å². The van der Waals surface area contributed by atoms with Gasteiger partial charge in [0.2, 0.25) is 0 Å². The SMILES string of the molecule is CC(C)[C@@H]1C[C@H](C(F)(F)F)n2nc(C3CCN(S(=O)(=O)N(C)C)CC3)cc2N1. The third kappa shape index (κ3) is 4.02. The van der Waals surface area contributed by atoms with Gasteiger partial charge in [-0.15, -0.1) is 0 Å². The zero-order valence-electron chi connectivity index (χ0n) is 16.6. The topological polar surface area (TPSA) is 70.5 Å². The maximum absolute atomic E-state index is 13.6. The standard InChI is InChI=1S/C17H28F3N5O2S/c1-11(2)13-9-15(17(18,19)20)25-16(21-13)10-14(22-25)12-5-7-24(8-6-12)28(26,27)23(3)4/h10-13,15,21H,5-9H2,1-4H3/t13-,15+/m0/s1. The highest BCUT2D eigenvalue weighted by Gasteiger charge is 2.47. The van der Waals surface area contributed by atoms with Crippen LogP contribution in [0.5, 0.6) is 0 Å². The summed E-state index contributed by atoms with van der Waals surface area (Å²) in [4.78, 5) is 0. The second kappa shape index (κ2) is 7.49. The average Bonchev–Trinajstić information content (AvgIpc) is 3.03. The second-order valence-corrected chi connectivity index (χ2v) is 10.3. The molecular formula is C17H28F3N5O2S. The first-order valence-electron chi connectivity index (χ1n) is 9.51. The normalized spacial score (nSPS) is 25.2. The fourth-order valence-electron chi connectivity index (χ4n) is 3.87. The van der Waals surface area contributed by atoms with Crippen molar-refractivity contribution in [1.82, 2.24) is 18.4 Å². The van der Waals surface area contributed by atoms with Crippen LogP contribution in [0.15, 0.2) is 6.07 Å². The minimum Gasteiger partial charge on any atom is -0.367 e. The molecule has 2 atom stereocenters. The number of nitrogens with one attached hydrogen (secondary N) is 1. The van der Waals surface area contributed by atoms with E-state index in [1.807, 2.05) is 13.8 Å². The number of fused-ring (bicyclic) bond motifs is 1. The molecule has 1 N–H and O–H groups in total. The van der Waals surface area contributed by atoms with Crippen LogP contribution < -0.4 is 5.32 Å². The Kier molecular flexibility index (Phi) is 5.72. The van der Waals surface area contributed by atoms with Gasteiger partial charge in [-0.25, -0.2) is 4.68 Å². The molecule has 0 radical (unpaired) electrons. The highest BCUT2D eigenvalue weighted by atomic mass is 32.2. The van der Waals surface area contributed by atoms with E-state index >= 15 is 0 Å². The summed E-state index contributed by atoms with van der Waals surface area (Å²) in [6.45, 7) is 4.47. The Balaban J connectivity index is 1.80. The first-order valence-corrected chi connectivity index (χ1v) is 10.9. The van der Waals surface area contributed by atoms with Crippen LogP contribution in [0.2, 0.25) is 0 Å². The summed E-state index contributed by atoms with van der Waals surface area (Å²) >= 11 is 0. The number of hydrogen-bond acceptors (Lipinski definition) is 4. The molecule has 7 nitrogen and oxygen atoms in total. The number of rotatable bonds is 4. The van der Waals surface area contributed by atoms with Gasteiger partial charge in [0.05, 0.1) is 5.69 Å². The highest BCUT2D eigenvalue weighted by molar-refractivity contribution is 7.86. The Morgan fingerprint density at radius 2 is 1.86 bits per heavy atom. The Morgan fingerprint density at radius 3 is 2.36 bits per heavy atom. The van der Waals surface area contributed by atoms with Crippen molar-refractivity contribution in [2.24, 2.45) is 5.92 Å². The van der Waals surface area contributed by atoms with Gasteiger partial charge < -0.3 is 5.32 Å². The van der Waals surface area contributed by atoms with Gasteiger partial charge in [0.15, 0.2) is 6.04 Å². The van der Waals surface area contributed by atoms with E-state index in [0.717, 1.165) is 4.68 Å². The van der Waals surface area contributed by atoms with Crippen molar-refractivity contribution in [1.29, 1.82) is 0 Å². The molecule has 0 aliphatic carbocycles. The Bertz CT molecular complexity index is 798. The summed E-state index contributed by atoms with van der Waals surface area (Å²) in [6.07, 6.45) is -3.34. The molecule has 0 amide bonds. The van der Waals surface area contributed by atoms with E-state index in [1.54, 1.807) is 6.07 Å². The van der Waals surface area contributed by atoms with Gasteiger partial charge in [-0.3, -0.25) is 0 Å². The molecule has 11 heteroatoms. The molecular weight excluding hydrogens is 395 g/mol. The molecule has 0 saturated carbocycles.